The molecule has 0 unspecified atom stereocenters. The molecule has 0 atom stereocenters. The van der Waals surface area contributed by atoms with Crippen LogP contribution in [0.1, 0.15) is 38.5 Å². The Labute approximate surface area is 147 Å². The highest BCUT2D eigenvalue weighted by molar-refractivity contribution is 7.90. The van der Waals surface area contributed by atoms with Gasteiger partial charge in [0.25, 0.3) is 15.9 Å². The second-order valence-electron chi connectivity index (χ2n) is 5.98. The molecule has 0 bridgehead atoms. The normalized spacial score (nSPS) is 18.2. The first-order chi connectivity index (χ1) is 11.9. The first-order valence-electron chi connectivity index (χ1n) is 8.37. The molecule has 25 heavy (non-hydrogen) atoms. The molecule has 2 N–H and O–H groups in total. The molecule has 2 aliphatic heterocycles. The first-order valence-corrected chi connectivity index (χ1v) is 9.98. The highest BCUT2D eigenvalue weighted by atomic mass is 32.2. The molecular formula is C16H23N3O5S. The van der Waals surface area contributed by atoms with Crippen molar-refractivity contribution in [1.29, 1.82) is 0 Å². The van der Waals surface area contributed by atoms with Gasteiger partial charge in [0.1, 0.15) is 0 Å². The molecule has 0 radical (unpaired) electrons. The number of allylic oxidation sites excluding steroid dienone is 2. The van der Waals surface area contributed by atoms with Gasteiger partial charge in [0.15, 0.2) is 5.84 Å². The van der Waals surface area contributed by atoms with Gasteiger partial charge in [0.2, 0.25) is 0 Å². The lowest BCUT2D eigenvalue weighted by Crippen LogP contribution is -2.42. The maximum atomic E-state index is 12.3. The van der Waals surface area contributed by atoms with Crippen molar-refractivity contribution in [1.82, 2.24) is 10.2 Å². The van der Waals surface area contributed by atoms with Gasteiger partial charge in [-0.25, -0.2) is 8.42 Å². The molecule has 0 spiro atoms. The summed E-state index contributed by atoms with van der Waals surface area (Å²) in [6.07, 6.45) is 9.32. The second kappa shape index (κ2) is 8.80. The van der Waals surface area contributed by atoms with E-state index in [0.29, 0.717) is 19.5 Å². The van der Waals surface area contributed by atoms with Gasteiger partial charge >= 0.3 is 5.97 Å². The summed E-state index contributed by atoms with van der Waals surface area (Å²) < 4.78 is 27.1. The number of carbonyl (C=O) groups excluding carboxylic acids is 1. The molecule has 0 aromatic carbocycles. The number of aliphatic carboxylic acids is 1. The van der Waals surface area contributed by atoms with Crippen LogP contribution in [-0.4, -0.2) is 55.0 Å². The van der Waals surface area contributed by atoms with Crippen molar-refractivity contribution < 1.29 is 23.1 Å². The number of amidine groups is 1. The fraction of sp³-hybridized carbons (Fsp3) is 0.562. The zero-order valence-electron chi connectivity index (χ0n) is 14.0. The van der Waals surface area contributed by atoms with Crippen molar-refractivity contribution >= 4 is 27.7 Å². The average Bonchev–Trinajstić information content (AvgIpc) is 2.55. The molecule has 2 heterocycles. The van der Waals surface area contributed by atoms with Gasteiger partial charge in [-0.3, -0.25) is 9.59 Å². The van der Waals surface area contributed by atoms with Crippen LogP contribution < -0.4 is 5.32 Å². The zero-order valence-corrected chi connectivity index (χ0v) is 14.8. The van der Waals surface area contributed by atoms with E-state index in [1.54, 1.807) is 23.3 Å². The largest absolute Gasteiger partial charge is 0.481 e. The molecule has 0 aliphatic carbocycles. The lowest BCUT2D eigenvalue weighted by atomic mass is 10.1. The number of hydrogen-bond donors (Lipinski definition) is 2. The highest BCUT2D eigenvalue weighted by Gasteiger charge is 2.29. The van der Waals surface area contributed by atoms with Gasteiger partial charge in [-0.05, 0) is 25.0 Å². The number of nitrogens with zero attached hydrogens (tertiary/aromatic N) is 2. The maximum Gasteiger partial charge on any atom is 0.303 e. The maximum absolute atomic E-state index is 12.3. The summed E-state index contributed by atoms with van der Waals surface area (Å²) in [5, 5.41) is 11.3. The predicted octanol–water partition coefficient (Wildman–Crippen LogP) is 1.03. The molecule has 2 aliphatic rings. The van der Waals surface area contributed by atoms with Crippen LogP contribution >= 0.6 is 0 Å². The van der Waals surface area contributed by atoms with Gasteiger partial charge in [0.05, 0.1) is 11.3 Å². The second-order valence-corrected chi connectivity index (χ2v) is 7.74. The number of rotatable bonds is 9. The van der Waals surface area contributed by atoms with Gasteiger partial charge in [-0.2, -0.15) is 0 Å². The van der Waals surface area contributed by atoms with Crippen molar-refractivity contribution in [3.8, 4) is 0 Å². The number of nitrogens with one attached hydrogen (secondary N) is 1. The van der Waals surface area contributed by atoms with E-state index in [4.69, 9.17) is 5.11 Å². The fourth-order valence-electron chi connectivity index (χ4n) is 2.62. The van der Waals surface area contributed by atoms with Crippen molar-refractivity contribution in [2.45, 2.75) is 38.5 Å². The Kier molecular flexibility index (Phi) is 6.74. The third-order valence-electron chi connectivity index (χ3n) is 3.96. The van der Waals surface area contributed by atoms with E-state index in [2.05, 4.69) is 9.71 Å². The number of hydrogen-bond acceptors (Lipinski definition) is 5. The van der Waals surface area contributed by atoms with Gasteiger partial charge < -0.3 is 15.3 Å². The highest BCUT2D eigenvalue weighted by Crippen LogP contribution is 2.17. The van der Waals surface area contributed by atoms with Crippen LogP contribution in [0.15, 0.2) is 28.3 Å². The van der Waals surface area contributed by atoms with E-state index in [9.17, 15) is 18.0 Å². The molecular weight excluding hydrogens is 346 g/mol. The monoisotopic (exact) mass is 369 g/mol. The zero-order chi connectivity index (χ0) is 18.3. The summed E-state index contributed by atoms with van der Waals surface area (Å²) in [4.78, 5) is 24.4. The number of sulfonamides is 1. The van der Waals surface area contributed by atoms with Crippen LogP contribution in [0, 0.1) is 0 Å². The lowest BCUT2D eigenvalue weighted by Gasteiger charge is -2.28. The third-order valence-corrected chi connectivity index (χ3v) is 5.10. The quantitative estimate of drug-likeness (QED) is 0.586. The summed E-state index contributed by atoms with van der Waals surface area (Å²) in [7, 11) is -3.51. The fourth-order valence-corrected chi connectivity index (χ4v) is 3.61. The molecule has 138 valence electrons. The minimum atomic E-state index is -3.51. The summed E-state index contributed by atoms with van der Waals surface area (Å²) in [6.45, 7) is 0.775. The van der Waals surface area contributed by atoms with E-state index < -0.39 is 16.0 Å². The number of fused-ring (bicyclic) bond motifs is 1. The molecule has 9 heteroatoms. The summed E-state index contributed by atoms with van der Waals surface area (Å²) in [5.74, 6) is -0.989. The molecule has 0 fully saturated rings. The number of amides is 1. The van der Waals surface area contributed by atoms with Crippen LogP contribution in [0.2, 0.25) is 0 Å². The Balaban J connectivity index is 1.75. The van der Waals surface area contributed by atoms with Gasteiger partial charge in [-0.15, -0.1) is 4.40 Å². The summed E-state index contributed by atoms with van der Waals surface area (Å²) >= 11 is 0. The molecule has 0 saturated heterocycles. The van der Waals surface area contributed by atoms with Crippen LogP contribution in [0.3, 0.4) is 0 Å². The smallest absolute Gasteiger partial charge is 0.303 e. The Morgan fingerprint density at radius 1 is 1.20 bits per heavy atom. The van der Waals surface area contributed by atoms with Crippen molar-refractivity contribution in [2.24, 2.45) is 4.40 Å². The number of carbonyl (C=O) groups is 2. The molecule has 2 rings (SSSR count). The number of carboxylic acids is 1. The van der Waals surface area contributed by atoms with Crippen molar-refractivity contribution in [2.75, 3.05) is 18.8 Å². The van der Waals surface area contributed by atoms with Gasteiger partial charge in [0, 0.05) is 25.7 Å². The van der Waals surface area contributed by atoms with Crippen molar-refractivity contribution in [3.05, 3.63) is 23.9 Å². The number of unbranched alkanes of at least 4 members (excludes halogenated alkanes) is 4. The van der Waals surface area contributed by atoms with E-state index in [1.807, 2.05) is 0 Å². The standard InChI is InChI=1S/C16H23N3O5S/c20-14(21)8-4-2-1-3-5-9-17-16(22)13-7-6-10-19-11-12-25(23,24)18-15(13)19/h6-7,10H,1-5,8-9,11-12H2,(H,17,22)(H,20,21). The molecule has 0 aromatic rings. The summed E-state index contributed by atoms with van der Waals surface area (Å²) in [6, 6.07) is 0. The Morgan fingerprint density at radius 3 is 2.68 bits per heavy atom. The molecule has 8 nitrogen and oxygen atoms in total. The first kappa shape index (κ1) is 19.2. The average molecular weight is 369 g/mol. The van der Waals surface area contributed by atoms with Crippen LogP contribution in [0.25, 0.3) is 0 Å². The Hall–Kier alpha value is -2.16. The Morgan fingerprint density at radius 2 is 1.92 bits per heavy atom. The van der Waals surface area contributed by atoms with E-state index in [1.165, 1.54) is 0 Å². The van der Waals surface area contributed by atoms with Crippen LogP contribution in [0.4, 0.5) is 0 Å². The molecule has 1 amide bonds. The number of carboxylic acid groups (broad SMARTS) is 1. The van der Waals surface area contributed by atoms with Gasteiger partial charge in [-0.1, -0.05) is 19.3 Å². The molecule has 0 saturated carbocycles. The van der Waals surface area contributed by atoms with E-state index in [-0.39, 0.29) is 29.5 Å². The third kappa shape index (κ3) is 6.00. The minimum absolute atomic E-state index is 0.0579. The minimum Gasteiger partial charge on any atom is -0.481 e. The SMILES string of the molecule is O=C(O)CCCCCCCNC(=O)C1=CC=CN2CCS(=O)(=O)N=C12. The van der Waals surface area contributed by atoms with Crippen LogP contribution in [0.5, 0.6) is 0 Å². The lowest BCUT2D eigenvalue weighted by molar-refractivity contribution is -0.137. The van der Waals surface area contributed by atoms with E-state index in [0.717, 1.165) is 25.7 Å². The van der Waals surface area contributed by atoms with E-state index >= 15 is 0 Å². The topological polar surface area (TPSA) is 116 Å². The summed E-state index contributed by atoms with van der Waals surface area (Å²) in [5.41, 5.74) is 0.257. The van der Waals surface area contributed by atoms with Crippen LogP contribution in [-0.2, 0) is 19.6 Å². The van der Waals surface area contributed by atoms with Crippen molar-refractivity contribution in [3.63, 3.8) is 0 Å². The Bertz CT molecular complexity index is 709. The molecule has 0 aromatic heterocycles. The predicted molar refractivity (Wildman–Crippen MR) is 93.5 cm³/mol.